The van der Waals surface area contributed by atoms with Gasteiger partial charge in [0.15, 0.2) is 6.10 Å². The van der Waals surface area contributed by atoms with Crippen molar-refractivity contribution in [1.82, 2.24) is 5.43 Å². The van der Waals surface area contributed by atoms with Crippen molar-refractivity contribution in [2.24, 2.45) is 5.10 Å². The number of aryl methyl sites for hydroxylation is 1. The van der Waals surface area contributed by atoms with Gasteiger partial charge in [-0.25, -0.2) is 10.2 Å². The molecule has 1 aromatic rings. The van der Waals surface area contributed by atoms with Crippen molar-refractivity contribution < 1.29 is 19.1 Å². The molecule has 23 heavy (non-hydrogen) atoms. The minimum atomic E-state index is -0.990. The summed E-state index contributed by atoms with van der Waals surface area (Å²) in [6, 6.07) is 5.48. The second kappa shape index (κ2) is 7.36. The van der Waals surface area contributed by atoms with E-state index in [1.807, 2.05) is 19.1 Å². The molecular weight excluding hydrogens is 366 g/mol. The summed E-state index contributed by atoms with van der Waals surface area (Å²) < 4.78 is 5.81. The molecule has 0 spiro atoms. The molecular formula is C15H16BrN3O4. The Bertz CT molecular complexity index is 687. The van der Waals surface area contributed by atoms with Crippen LogP contribution < -0.4 is 10.7 Å². The Labute approximate surface area is 141 Å². The molecule has 0 fully saturated rings. The van der Waals surface area contributed by atoms with E-state index in [1.165, 1.54) is 6.92 Å². The maximum Gasteiger partial charge on any atom is 0.355 e. The molecule has 2 N–H and O–H groups in total. The molecule has 0 aromatic heterocycles. The highest BCUT2D eigenvalue weighted by atomic mass is 79.9. The molecule has 0 saturated heterocycles. The van der Waals surface area contributed by atoms with Crippen molar-refractivity contribution in [1.29, 1.82) is 0 Å². The van der Waals surface area contributed by atoms with E-state index in [2.05, 4.69) is 31.8 Å². The standard InChI is InChI=1S/C15H16BrN3O4/c1-8-3-4-11(10(16)7-8)17-14(21)9(2)23-15(22)12-5-6-13(20)19-18-12/h3-4,7,9H,5-6H2,1-2H3,(H,17,21)(H,19,20)/t9-/m0/s1. The molecule has 122 valence electrons. The van der Waals surface area contributed by atoms with E-state index in [0.717, 1.165) is 10.0 Å². The number of amides is 2. The van der Waals surface area contributed by atoms with E-state index in [-0.39, 0.29) is 24.5 Å². The number of nitrogens with one attached hydrogen (secondary N) is 2. The van der Waals surface area contributed by atoms with Crippen molar-refractivity contribution >= 4 is 45.1 Å². The van der Waals surface area contributed by atoms with Crippen molar-refractivity contribution in [2.45, 2.75) is 32.8 Å². The zero-order valence-electron chi connectivity index (χ0n) is 12.7. The van der Waals surface area contributed by atoms with Crippen LogP contribution in [0.5, 0.6) is 0 Å². The van der Waals surface area contributed by atoms with Crippen LogP contribution in [-0.4, -0.2) is 29.6 Å². The van der Waals surface area contributed by atoms with Crippen LogP contribution in [0.3, 0.4) is 0 Å². The van der Waals surface area contributed by atoms with Gasteiger partial charge >= 0.3 is 5.97 Å². The largest absolute Gasteiger partial charge is 0.448 e. The lowest BCUT2D eigenvalue weighted by atomic mass is 10.2. The third-order valence-electron chi connectivity index (χ3n) is 3.18. The number of hydrazone groups is 1. The number of hydrogen-bond donors (Lipinski definition) is 2. The highest BCUT2D eigenvalue weighted by Gasteiger charge is 2.24. The quantitative estimate of drug-likeness (QED) is 0.778. The number of anilines is 1. The van der Waals surface area contributed by atoms with Crippen LogP contribution in [0.1, 0.15) is 25.3 Å². The van der Waals surface area contributed by atoms with Gasteiger partial charge in [-0.3, -0.25) is 9.59 Å². The molecule has 2 amide bonds. The normalized spacial score (nSPS) is 15.3. The van der Waals surface area contributed by atoms with Crippen molar-refractivity contribution in [3.8, 4) is 0 Å². The van der Waals surface area contributed by atoms with Crippen molar-refractivity contribution in [3.63, 3.8) is 0 Å². The number of carbonyl (C=O) groups excluding carboxylic acids is 3. The van der Waals surface area contributed by atoms with Gasteiger partial charge in [0, 0.05) is 17.3 Å². The van der Waals surface area contributed by atoms with Gasteiger partial charge in [-0.15, -0.1) is 0 Å². The summed E-state index contributed by atoms with van der Waals surface area (Å²) in [5, 5.41) is 6.31. The summed E-state index contributed by atoms with van der Waals surface area (Å²) in [6.45, 7) is 3.40. The Morgan fingerprint density at radius 3 is 2.74 bits per heavy atom. The Morgan fingerprint density at radius 2 is 2.13 bits per heavy atom. The number of halogens is 1. The first-order valence-corrected chi connectivity index (χ1v) is 7.79. The molecule has 0 radical (unpaired) electrons. The second-order valence-corrected chi connectivity index (χ2v) is 5.97. The molecule has 1 heterocycles. The third-order valence-corrected chi connectivity index (χ3v) is 3.83. The molecule has 2 rings (SSSR count). The molecule has 1 aliphatic heterocycles. The minimum absolute atomic E-state index is 0.0979. The Kier molecular flexibility index (Phi) is 5.49. The lowest BCUT2D eigenvalue weighted by Gasteiger charge is -2.16. The highest BCUT2D eigenvalue weighted by Crippen LogP contribution is 2.23. The van der Waals surface area contributed by atoms with Gasteiger partial charge < -0.3 is 10.1 Å². The van der Waals surface area contributed by atoms with Gasteiger partial charge in [-0.2, -0.15) is 5.10 Å². The van der Waals surface area contributed by atoms with E-state index in [9.17, 15) is 14.4 Å². The van der Waals surface area contributed by atoms with Crippen molar-refractivity contribution in [2.75, 3.05) is 5.32 Å². The molecule has 0 unspecified atom stereocenters. The first-order valence-electron chi connectivity index (χ1n) is 7.00. The number of benzene rings is 1. The van der Waals surface area contributed by atoms with Gasteiger partial charge in [0.1, 0.15) is 5.71 Å². The maximum atomic E-state index is 12.1. The number of ether oxygens (including phenoxy) is 1. The maximum absolute atomic E-state index is 12.1. The minimum Gasteiger partial charge on any atom is -0.448 e. The average Bonchev–Trinajstić information content (AvgIpc) is 2.50. The van der Waals surface area contributed by atoms with Gasteiger partial charge in [0.05, 0.1) is 5.69 Å². The topological polar surface area (TPSA) is 96.9 Å². The van der Waals surface area contributed by atoms with E-state index < -0.39 is 18.0 Å². The van der Waals surface area contributed by atoms with Crippen LogP contribution in [0.15, 0.2) is 27.8 Å². The fourth-order valence-electron chi connectivity index (χ4n) is 1.86. The first-order chi connectivity index (χ1) is 10.9. The summed E-state index contributed by atoms with van der Waals surface area (Å²) in [5.74, 6) is -1.42. The summed E-state index contributed by atoms with van der Waals surface area (Å²) in [5.41, 5.74) is 3.94. The predicted molar refractivity (Wildman–Crippen MR) is 87.9 cm³/mol. The van der Waals surface area contributed by atoms with Crippen LogP contribution in [-0.2, 0) is 19.1 Å². The lowest BCUT2D eigenvalue weighted by molar-refractivity contribution is -0.146. The van der Waals surface area contributed by atoms with Crippen LogP contribution in [0.2, 0.25) is 0 Å². The molecule has 1 atom stereocenters. The monoisotopic (exact) mass is 381 g/mol. The number of esters is 1. The average molecular weight is 382 g/mol. The number of carbonyl (C=O) groups is 3. The Morgan fingerprint density at radius 1 is 1.39 bits per heavy atom. The Balaban J connectivity index is 1.94. The summed E-state index contributed by atoms with van der Waals surface area (Å²) in [4.78, 5) is 35.0. The van der Waals surface area contributed by atoms with Crippen LogP contribution in [0.25, 0.3) is 0 Å². The number of hydrogen-bond acceptors (Lipinski definition) is 5. The van der Waals surface area contributed by atoms with Crippen molar-refractivity contribution in [3.05, 3.63) is 28.2 Å². The summed E-state index contributed by atoms with van der Waals surface area (Å²) in [7, 11) is 0. The smallest absolute Gasteiger partial charge is 0.355 e. The molecule has 1 aliphatic rings. The van der Waals surface area contributed by atoms with Gasteiger partial charge in [0.2, 0.25) is 5.91 Å². The van der Waals surface area contributed by atoms with Gasteiger partial charge in [-0.05, 0) is 47.5 Å². The van der Waals surface area contributed by atoms with Crippen LogP contribution >= 0.6 is 15.9 Å². The van der Waals surface area contributed by atoms with E-state index in [1.54, 1.807) is 6.07 Å². The highest BCUT2D eigenvalue weighted by molar-refractivity contribution is 9.10. The SMILES string of the molecule is Cc1ccc(NC(=O)[C@H](C)OC(=O)C2=NNC(=O)CC2)c(Br)c1. The van der Waals surface area contributed by atoms with E-state index in [0.29, 0.717) is 5.69 Å². The van der Waals surface area contributed by atoms with E-state index in [4.69, 9.17) is 4.74 Å². The summed E-state index contributed by atoms with van der Waals surface area (Å²) in [6.07, 6.45) is -0.621. The molecule has 1 aromatic carbocycles. The van der Waals surface area contributed by atoms with Gasteiger partial charge in [0.25, 0.3) is 5.91 Å². The fourth-order valence-corrected chi connectivity index (χ4v) is 2.45. The second-order valence-electron chi connectivity index (χ2n) is 5.11. The molecule has 8 heteroatoms. The first kappa shape index (κ1) is 17.1. The number of nitrogens with zero attached hydrogens (tertiary/aromatic N) is 1. The predicted octanol–water partition coefficient (Wildman–Crippen LogP) is 1.89. The number of rotatable bonds is 4. The fraction of sp³-hybridized carbons (Fsp3) is 0.333. The van der Waals surface area contributed by atoms with E-state index >= 15 is 0 Å². The molecule has 0 bridgehead atoms. The molecule has 0 aliphatic carbocycles. The zero-order valence-corrected chi connectivity index (χ0v) is 14.3. The van der Waals surface area contributed by atoms with Gasteiger partial charge in [-0.1, -0.05) is 6.07 Å². The van der Waals surface area contributed by atoms with Crippen LogP contribution in [0.4, 0.5) is 5.69 Å². The summed E-state index contributed by atoms with van der Waals surface area (Å²) >= 11 is 3.36. The molecule has 7 nitrogen and oxygen atoms in total. The molecule has 0 saturated carbocycles. The zero-order chi connectivity index (χ0) is 17.0. The Hall–Kier alpha value is -2.22. The third kappa shape index (κ3) is 4.62. The lowest BCUT2D eigenvalue weighted by Crippen LogP contribution is -2.35. The van der Waals surface area contributed by atoms with Crippen LogP contribution in [0, 0.1) is 6.92 Å².